The lowest BCUT2D eigenvalue weighted by Crippen LogP contribution is -2.36. The van der Waals surface area contributed by atoms with Crippen molar-refractivity contribution in [3.8, 4) is 0 Å². The molecule has 0 saturated carbocycles. The number of benzene rings is 1. The molecule has 2 aromatic rings. The minimum Gasteiger partial charge on any atom is -0.326 e. The van der Waals surface area contributed by atoms with Crippen molar-refractivity contribution in [1.29, 1.82) is 0 Å². The highest BCUT2D eigenvalue weighted by Gasteiger charge is 2.33. The van der Waals surface area contributed by atoms with E-state index in [1.54, 1.807) is 13.1 Å². The highest BCUT2D eigenvalue weighted by molar-refractivity contribution is 7.14. The van der Waals surface area contributed by atoms with Crippen LogP contribution in [0.2, 0.25) is 0 Å². The summed E-state index contributed by atoms with van der Waals surface area (Å²) in [6.07, 6.45) is 0.0478. The fourth-order valence-electron chi connectivity index (χ4n) is 2.48. The van der Waals surface area contributed by atoms with E-state index < -0.39 is 11.7 Å². The standard InChI is InChI=1S/C15H14FN3O2S/c1-8-7-22-15(17-8)19(2)14(21)11-6-13(20)18-12-5-9(16)3-4-10(11)12/h3-5,7,11H,6H2,1-2H3,(H,18,20)/t11-/m0/s1. The van der Waals surface area contributed by atoms with Gasteiger partial charge >= 0.3 is 0 Å². The minimum atomic E-state index is -0.626. The highest BCUT2D eigenvalue weighted by atomic mass is 32.1. The van der Waals surface area contributed by atoms with E-state index in [0.717, 1.165) is 5.69 Å². The molecule has 1 atom stereocenters. The molecule has 0 radical (unpaired) electrons. The molecule has 0 spiro atoms. The Labute approximate surface area is 130 Å². The summed E-state index contributed by atoms with van der Waals surface area (Å²) in [7, 11) is 1.64. The van der Waals surface area contributed by atoms with E-state index in [0.29, 0.717) is 16.4 Å². The number of carbonyl (C=O) groups is 2. The first-order valence-electron chi connectivity index (χ1n) is 6.74. The maximum atomic E-state index is 13.3. The molecule has 0 saturated heterocycles. The van der Waals surface area contributed by atoms with Gasteiger partial charge in [0.15, 0.2) is 5.13 Å². The summed E-state index contributed by atoms with van der Waals surface area (Å²) in [5.41, 5.74) is 1.83. The third-order valence-corrected chi connectivity index (χ3v) is 4.61. The first-order chi connectivity index (χ1) is 10.5. The van der Waals surface area contributed by atoms with Gasteiger partial charge in [-0.1, -0.05) is 6.07 Å². The van der Waals surface area contributed by atoms with Crippen molar-refractivity contribution in [2.45, 2.75) is 19.3 Å². The van der Waals surface area contributed by atoms with Crippen molar-refractivity contribution in [3.63, 3.8) is 0 Å². The summed E-state index contributed by atoms with van der Waals surface area (Å²) < 4.78 is 13.3. The number of hydrogen-bond donors (Lipinski definition) is 1. The Kier molecular flexibility index (Phi) is 3.66. The van der Waals surface area contributed by atoms with Crippen LogP contribution in [-0.2, 0) is 9.59 Å². The van der Waals surface area contributed by atoms with Gasteiger partial charge in [-0.3, -0.25) is 14.5 Å². The quantitative estimate of drug-likeness (QED) is 0.925. The largest absolute Gasteiger partial charge is 0.326 e. The Morgan fingerprint density at radius 3 is 2.95 bits per heavy atom. The second kappa shape index (κ2) is 5.49. The van der Waals surface area contributed by atoms with Gasteiger partial charge in [0.25, 0.3) is 0 Å². The zero-order valence-corrected chi connectivity index (χ0v) is 12.9. The van der Waals surface area contributed by atoms with Crippen LogP contribution in [-0.4, -0.2) is 23.8 Å². The van der Waals surface area contributed by atoms with E-state index in [-0.39, 0.29) is 18.2 Å². The van der Waals surface area contributed by atoms with Gasteiger partial charge in [0.1, 0.15) is 5.82 Å². The Hall–Kier alpha value is -2.28. The second-order valence-corrected chi connectivity index (χ2v) is 6.04. The van der Waals surface area contributed by atoms with Crippen molar-refractivity contribution in [3.05, 3.63) is 40.7 Å². The number of nitrogens with zero attached hydrogens (tertiary/aromatic N) is 2. The molecule has 2 amide bonds. The molecule has 0 fully saturated rings. The Bertz CT molecular complexity index is 759. The van der Waals surface area contributed by atoms with Crippen LogP contribution in [0.1, 0.15) is 23.6 Å². The lowest BCUT2D eigenvalue weighted by molar-refractivity contribution is -0.124. The van der Waals surface area contributed by atoms with Gasteiger partial charge in [-0.2, -0.15) is 0 Å². The first-order valence-corrected chi connectivity index (χ1v) is 7.62. The highest BCUT2D eigenvalue weighted by Crippen LogP contribution is 2.35. The lowest BCUT2D eigenvalue weighted by atomic mass is 9.89. The molecule has 7 heteroatoms. The lowest BCUT2D eigenvalue weighted by Gasteiger charge is -2.27. The molecule has 114 valence electrons. The van der Waals surface area contributed by atoms with E-state index in [2.05, 4.69) is 10.3 Å². The van der Waals surface area contributed by atoms with Crippen LogP contribution in [0.5, 0.6) is 0 Å². The number of amides is 2. The molecule has 1 N–H and O–H groups in total. The van der Waals surface area contributed by atoms with Gasteiger partial charge in [0, 0.05) is 24.5 Å². The zero-order valence-electron chi connectivity index (χ0n) is 12.1. The smallest absolute Gasteiger partial charge is 0.236 e. The maximum Gasteiger partial charge on any atom is 0.236 e. The third kappa shape index (κ3) is 2.59. The molecular weight excluding hydrogens is 305 g/mol. The second-order valence-electron chi connectivity index (χ2n) is 5.21. The summed E-state index contributed by atoms with van der Waals surface area (Å²) >= 11 is 1.37. The molecule has 22 heavy (non-hydrogen) atoms. The number of aromatic nitrogens is 1. The van der Waals surface area contributed by atoms with Crippen LogP contribution in [0.3, 0.4) is 0 Å². The molecule has 0 aliphatic carbocycles. The van der Waals surface area contributed by atoms with Crippen LogP contribution in [0, 0.1) is 12.7 Å². The number of halogens is 1. The number of fused-ring (bicyclic) bond motifs is 1. The van der Waals surface area contributed by atoms with Gasteiger partial charge < -0.3 is 5.32 Å². The monoisotopic (exact) mass is 319 g/mol. The number of likely N-dealkylation sites (N-methyl/N-ethyl adjacent to an activating group) is 1. The van der Waals surface area contributed by atoms with Crippen LogP contribution in [0.15, 0.2) is 23.6 Å². The average Bonchev–Trinajstić information content (AvgIpc) is 2.91. The molecule has 2 heterocycles. The van der Waals surface area contributed by atoms with Crippen molar-refractivity contribution in [2.24, 2.45) is 0 Å². The van der Waals surface area contributed by atoms with Crippen LogP contribution in [0.25, 0.3) is 0 Å². The molecule has 1 aromatic heterocycles. The normalized spacial score (nSPS) is 16.9. The molecule has 1 aliphatic rings. The fraction of sp³-hybridized carbons (Fsp3) is 0.267. The van der Waals surface area contributed by atoms with Gasteiger partial charge in [-0.05, 0) is 24.6 Å². The molecule has 3 rings (SSSR count). The molecule has 0 bridgehead atoms. The zero-order chi connectivity index (χ0) is 15.9. The van der Waals surface area contributed by atoms with Gasteiger partial charge in [-0.25, -0.2) is 9.37 Å². The van der Waals surface area contributed by atoms with E-state index in [1.165, 1.54) is 28.4 Å². The van der Waals surface area contributed by atoms with E-state index in [1.807, 2.05) is 12.3 Å². The summed E-state index contributed by atoms with van der Waals surface area (Å²) in [4.78, 5) is 30.2. The first kappa shape index (κ1) is 14.6. The molecule has 1 aliphatic heterocycles. The Morgan fingerprint density at radius 1 is 1.50 bits per heavy atom. The van der Waals surface area contributed by atoms with Crippen LogP contribution < -0.4 is 10.2 Å². The van der Waals surface area contributed by atoms with Crippen molar-refractivity contribution < 1.29 is 14.0 Å². The van der Waals surface area contributed by atoms with Crippen LogP contribution >= 0.6 is 11.3 Å². The van der Waals surface area contributed by atoms with Crippen LogP contribution in [0.4, 0.5) is 15.2 Å². The number of anilines is 2. The molecule has 0 unspecified atom stereocenters. The Morgan fingerprint density at radius 2 is 2.27 bits per heavy atom. The number of rotatable bonds is 2. The number of nitrogens with one attached hydrogen (secondary N) is 1. The SMILES string of the molecule is Cc1csc(N(C)C(=O)[C@H]2CC(=O)Nc3cc(F)ccc32)n1. The Balaban J connectivity index is 1.94. The predicted octanol–water partition coefficient (Wildman–Crippen LogP) is 2.68. The molecule has 1 aromatic carbocycles. The fourth-order valence-corrected chi connectivity index (χ4v) is 3.25. The van der Waals surface area contributed by atoms with Crippen molar-refractivity contribution in [2.75, 3.05) is 17.3 Å². The summed E-state index contributed by atoms with van der Waals surface area (Å²) in [5, 5.41) is 5.04. The van der Waals surface area contributed by atoms with Gasteiger partial charge in [-0.15, -0.1) is 11.3 Å². The number of thiazole rings is 1. The topological polar surface area (TPSA) is 62.3 Å². The van der Waals surface area contributed by atoms with Gasteiger partial charge in [0.05, 0.1) is 11.6 Å². The molecular formula is C15H14FN3O2S. The number of carbonyl (C=O) groups excluding carboxylic acids is 2. The third-order valence-electron chi connectivity index (χ3n) is 3.58. The maximum absolute atomic E-state index is 13.3. The van der Waals surface area contributed by atoms with Crippen molar-refractivity contribution in [1.82, 2.24) is 4.98 Å². The average molecular weight is 319 g/mol. The van der Waals surface area contributed by atoms with Crippen molar-refractivity contribution >= 4 is 34.0 Å². The van der Waals surface area contributed by atoms with E-state index in [9.17, 15) is 14.0 Å². The number of aryl methyl sites for hydroxylation is 1. The molecule has 5 nitrogen and oxygen atoms in total. The predicted molar refractivity (Wildman–Crippen MR) is 82.6 cm³/mol. The minimum absolute atomic E-state index is 0.0478. The summed E-state index contributed by atoms with van der Waals surface area (Å²) in [6, 6.07) is 4.08. The summed E-state index contributed by atoms with van der Waals surface area (Å²) in [5.74, 6) is -1.59. The number of hydrogen-bond acceptors (Lipinski definition) is 4. The van der Waals surface area contributed by atoms with E-state index >= 15 is 0 Å². The van der Waals surface area contributed by atoms with E-state index in [4.69, 9.17) is 0 Å². The summed E-state index contributed by atoms with van der Waals surface area (Å²) in [6.45, 7) is 1.85. The van der Waals surface area contributed by atoms with Gasteiger partial charge in [0.2, 0.25) is 11.8 Å².